The highest BCUT2D eigenvalue weighted by molar-refractivity contribution is 5.95. The summed E-state index contributed by atoms with van der Waals surface area (Å²) in [5, 5.41) is 12.9. The number of nitrogens with zero attached hydrogens (tertiary/aromatic N) is 2. The molecule has 0 saturated carbocycles. The number of carboxylic acids is 1. The van der Waals surface area contributed by atoms with Crippen molar-refractivity contribution >= 4 is 12.3 Å². The van der Waals surface area contributed by atoms with E-state index < -0.39 is 5.97 Å². The Morgan fingerprint density at radius 3 is 2.41 bits per heavy atom. The van der Waals surface area contributed by atoms with Crippen LogP contribution in [0.25, 0.3) is 0 Å². The first-order chi connectivity index (χ1) is 8.13. The van der Waals surface area contributed by atoms with Crippen LogP contribution in [0.5, 0.6) is 0 Å². The maximum atomic E-state index is 10.9. The second kappa shape index (κ2) is 6.18. The van der Waals surface area contributed by atoms with Gasteiger partial charge in [0.1, 0.15) is 0 Å². The lowest BCUT2D eigenvalue weighted by Gasteiger charge is -2.15. The molecule has 0 aliphatic carbocycles. The number of aromatic carboxylic acids is 1. The molecule has 0 amide bonds. The summed E-state index contributed by atoms with van der Waals surface area (Å²) < 4.78 is 1.63. The van der Waals surface area contributed by atoms with Gasteiger partial charge < -0.3 is 5.11 Å². The molecule has 0 fully saturated rings. The predicted octanol–water partition coefficient (Wildman–Crippen LogP) is 2.54. The molecule has 0 aliphatic rings. The van der Waals surface area contributed by atoms with Crippen molar-refractivity contribution in [3.05, 3.63) is 17.5 Å². The molecule has 17 heavy (non-hydrogen) atoms. The van der Waals surface area contributed by atoms with Crippen molar-refractivity contribution in [3.8, 4) is 0 Å². The Morgan fingerprint density at radius 2 is 2.06 bits per heavy atom. The molecule has 1 aromatic heterocycles. The third-order valence-corrected chi connectivity index (χ3v) is 2.71. The number of hydrogen-bond acceptors (Lipinski definition) is 3. The summed E-state index contributed by atoms with van der Waals surface area (Å²) >= 11 is 0. The molecule has 0 saturated heterocycles. The zero-order chi connectivity index (χ0) is 12.8. The topological polar surface area (TPSA) is 72.2 Å². The Kier molecular flexibility index (Phi) is 4.87. The summed E-state index contributed by atoms with van der Waals surface area (Å²) in [5.41, 5.74) is -0.00749. The van der Waals surface area contributed by atoms with Crippen molar-refractivity contribution in [3.63, 3.8) is 0 Å². The number of carbonyl (C=O) groups is 2. The zero-order valence-electron chi connectivity index (χ0n) is 10.2. The van der Waals surface area contributed by atoms with Crippen LogP contribution in [0, 0.1) is 0 Å². The molecule has 5 heteroatoms. The van der Waals surface area contributed by atoms with Crippen LogP contribution < -0.4 is 0 Å². The van der Waals surface area contributed by atoms with Crippen molar-refractivity contribution in [1.29, 1.82) is 0 Å². The number of carbonyl (C=O) groups excluding carboxylic acids is 1. The van der Waals surface area contributed by atoms with Crippen LogP contribution >= 0.6 is 0 Å². The van der Waals surface area contributed by atoms with Crippen LogP contribution in [0.1, 0.15) is 66.4 Å². The minimum Gasteiger partial charge on any atom is -0.476 e. The van der Waals surface area contributed by atoms with Gasteiger partial charge in [0.15, 0.2) is 12.0 Å². The minimum absolute atomic E-state index is 0.148. The lowest BCUT2D eigenvalue weighted by molar-refractivity contribution is 0.0686. The van der Waals surface area contributed by atoms with Crippen molar-refractivity contribution in [2.24, 2.45) is 0 Å². The van der Waals surface area contributed by atoms with Gasteiger partial charge in [0, 0.05) is 6.20 Å². The van der Waals surface area contributed by atoms with Crippen molar-refractivity contribution in [2.75, 3.05) is 0 Å². The second-order valence-corrected chi connectivity index (χ2v) is 4.07. The molecule has 1 aromatic rings. The molecule has 0 unspecified atom stereocenters. The molecule has 94 valence electrons. The number of aldehydes is 1. The number of rotatable bonds is 7. The summed E-state index contributed by atoms with van der Waals surface area (Å²) in [5.74, 6) is -1.16. The van der Waals surface area contributed by atoms with Gasteiger partial charge in [-0.3, -0.25) is 9.48 Å². The maximum Gasteiger partial charge on any atom is 0.357 e. The molecule has 0 radical (unpaired) electrons. The van der Waals surface area contributed by atoms with Crippen molar-refractivity contribution in [1.82, 2.24) is 9.78 Å². The SMILES string of the molecule is CCCC(CCC)n1cc(C=O)c(C(=O)O)n1. The van der Waals surface area contributed by atoms with Gasteiger partial charge in [-0.05, 0) is 12.8 Å². The molecule has 0 aliphatic heterocycles. The summed E-state index contributed by atoms with van der Waals surface area (Å²) in [6.45, 7) is 4.15. The number of hydrogen-bond donors (Lipinski definition) is 1. The molecule has 0 atom stereocenters. The van der Waals surface area contributed by atoms with Gasteiger partial charge in [-0.2, -0.15) is 5.10 Å². The third-order valence-electron chi connectivity index (χ3n) is 2.71. The summed E-state index contributed by atoms with van der Waals surface area (Å²) in [6, 6.07) is 0.178. The monoisotopic (exact) mass is 238 g/mol. The van der Waals surface area contributed by atoms with Gasteiger partial charge in [-0.25, -0.2) is 4.79 Å². The molecular weight excluding hydrogens is 220 g/mol. The predicted molar refractivity (Wildman–Crippen MR) is 63.4 cm³/mol. The second-order valence-electron chi connectivity index (χ2n) is 4.07. The first-order valence-electron chi connectivity index (χ1n) is 5.91. The number of carboxylic acid groups (broad SMARTS) is 1. The van der Waals surface area contributed by atoms with Crippen LogP contribution in [0.15, 0.2) is 6.20 Å². The highest BCUT2D eigenvalue weighted by Crippen LogP contribution is 2.20. The lowest BCUT2D eigenvalue weighted by Crippen LogP contribution is -2.10. The third kappa shape index (κ3) is 3.15. The van der Waals surface area contributed by atoms with Gasteiger partial charge in [-0.1, -0.05) is 26.7 Å². The van der Waals surface area contributed by atoms with E-state index in [1.807, 2.05) is 0 Å². The number of aromatic nitrogens is 2. The van der Waals surface area contributed by atoms with E-state index in [4.69, 9.17) is 5.11 Å². The Balaban J connectivity index is 3.03. The molecule has 1 heterocycles. The largest absolute Gasteiger partial charge is 0.476 e. The average molecular weight is 238 g/mol. The Bertz CT molecular complexity index is 392. The Hall–Kier alpha value is -1.65. The van der Waals surface area contributed by atoms with E-state index in [2.05, 4.69) is 18.9 Å². The van der Waals surface area contributed by atoms with Gasteiger partial charge in [0.25, 0.3) is 0 Å². The van der Waals surface area contributed by atoms with Crippen LogP contribution in [-0.4, -0.2) is 27.1 Å². The fourth-order valence-corrected chi connectivity index (χ4v) is 1.92. The first kappa shape index (κ1) is 13.4. The summed E-state index contributed by atoms with van der Waals surface area (Å²) in [6.07, 6.45) is 5.96. The quantitative estimate of drug-likeness (QED) is 0.741. The van der Waals surface area contributed by atoms with Crippen molar-refractivity contribution in [2.45, 2.75) is 45.6 Å². The van der Waals surface area contributed by atoms with E-state index >= 15 is 0 Å². The van der Waals surface area contributed by atoms with Crippen LogP contribution in [0.3, 0.4) is 0 Å². The average Bonchev–Trinajstić information content (AvgIpc) is 2.72. The van der Waals surface area contributed by atoms with Crippen LogP contribution in [0.2, 0.25) is 0 Å². The highest BCUT2D eigenvalue weighted by Gasteiger charge is 2.18. The lowest BCUT2D eigenvalue weighted by atomic mass is 10.1. The Labute approximate surface area is 100 Å². The van der Waals surface area contributed by atoms with Gasteiger partial charge in [0.2, 0.25) is 0 Å². The molecule has 1 N–H and O–H groups in total. The summed E-state index contributed by atoms with van der Waals surface area (Å²) in [7, 11) is 0. The minimum atomic E-state index is -1.16. The fraction of sp³-hybridized carbons (Fsp3) is 0.583. The van der Waals surface area contributed by atoms with Crippen LogP contribution in [0.4, 0.5) is 0 Å². The molecule has 0 spiro atoms. The normalized spacial score (nSPS) is 10.8. The Morgan fingerprint density at radius 1 is 1.47 bits per heavy atom. The van der Waals surface area contributed by atoms with Crippen LogP contribution in [-0.2, 0) is 0 Å². The van der Waals surface area contributed by atoms with E-state index in [1.165, 1.54) is 6.20 Å². The standard InChI is InChI=1S/C12H18N2O3/c1-3-5-10(6-4-2)14-7-9(8-15)11(13-14)12(16)17/h7-8,10H,3-6H2,1-2H3,(H,16,17). The molecule has 5 nitrogen and oxygen atoms in total. The molecule has 0 bridgehead atoms. The van der Waals surface area contributed by atoms with E-state index in [-0.39, 0.29) is 17.3 Å². The smallest absolute Gasteiger partial charge is 0.357 e. The van der Waals surface area contributed by atoms with Crippen molar-refractivity contribution < 1.29 is 14.7 Å². The fourth-order valence-electron chi connectivity index (χ4n) is 1.92. The molecule has 0 aromatic carbocycles. The first-order valence-corrected chi connectivity index (χ1v) is 5.91. The van der Waals surface area contributed by atoms with E-state index in [9.17, 15) is 9.59 Å². The van der Waals surface area contributed by atoms with Gasteiger partial charge >= 0.3 is 5.97 Å². The summed E-state index contributed by atoms with van der Waals surface area (Å²) in [4.78, 5) is 21.7. The van der Waals surface area contributed by atoms with E-state index in [1.54, 1.807) is 4.68 Å². The zero-order valence-corrected chi connectivity index (χ0v) is 10.2. The van der Waals surface area contributed by atoms with E-state index in [0.717, 1.165) is 25.7 Å². The van der Waals surface area contributed by atoms with E-state index in [0.29, 0.717) is 6.29 Å². The van der Waals surface area contributed by atoms with Gasteiger partial charge in [0.05, 0.1) is 11.6 Å². The maximum absolute atomic E-state index is 10.9. The molecule has 1 rings (SSSR count). The molecular formula is C12H18N2O3. The highest BCUT2D eigenvalue weighted by atomic mass is 16.4. The van der Waals surface area contributed by atoms with Gasteiger partial charge in [-0.15, -0.1) is 0 Å².